The van der Waals surface area contributed by atoms with Crippen molar-refractivity contribution in [2.75, 3.05) is 6.54 Å². The second-order valence-electron chi connectivity index (χ2n) is 4.33. The summed E-state index contributed by atoms with van der Waals surface area (Å²) in [6.45, 7) is 0.829. The van der Waals surface area contributed by atoms with Crippen LogP contribution >= 0.6 is 33.9 Å². The Morgan fingerprint density at radius 1 is 1.50 bits per heavy atom. The zero-order valence-corrected chi connectivity index (χ0v) is 12.1. The topological polar surface area (TPSA) is 29.1 Å². The van der Waals surface area contributed by atoms with Crippen LogP contribution in [0.5, 0.6) is 0 Å². The predicted octanol–water partition coefficient (Wildman–Crippen LogP) is 3.66. The summed E-state index contributed by atoms with van der Waals surface area (Å²) in [5, 5.41) is 4.93. The number of halogens is 1. The quantitative estimate of drug-likeness (QED) is 0.826. The molecule has 0 bridgehead atoms. The smallest absolute Gasteiger partial charge is 0.252 e. The van der Waals surface area contributed by atoms with Crippen LogP contribution in [0.15, 0.2) is 11.4 Å². The SMILES string of the molecule is O=C(NCCC1CCCC1)c1csc(I)c1. The molecule has 1 aromatic rings. The molecule has 0 spiro atoms. The van der Waals surface area contributed by atoms with Gasteiger partial charge in [-0.1, -0.05) is 25.7 Å². The molecule has 0 radical (unpaired) electrons. The number of carbonyl (C=O) groups is 1. The minimum Gasteiger partial charge on any atom is -0.352 e. The molecule has 1 N–H and O–H groups in total. The third kappa shape index (κ3) is 3.45. The summed E-state index contributed by atoms with van der Waals surface area (Å²) in [5.41, 5.74) is 0.806. The summed E-state index contributed by atoms with van der Waals surface area (Å²) in [6.07, 6.45) is 6.61. The third-order valence-corrected chi connectivity index (χ3v) is 4.93. The normalized spacial score (nSPS) is 16.6. The van der Waals surface area contributed by atoms with Crippen LogP contribution in [0.2, 0.25) is 0 Å². The van der Waals surface area contributed by atoms with E-state index in [1.807, 2.05) is 11.4 Å². The second kappa shape index (κ2) is 6.00. The largest absolute Gasteiger partial charge is 0.352 e. The van der Waals surface area contributed by atoms with Gasteiger partial charge < -0.3 is 5.32 Å². The van der Waals surface area contributed by atoms with Crippen molar-refractivity contribution >= 4 is 39.8 Å². The molecule has 2 nitrogen and oxygen atoms in total. The maximum atomic E-state index is 11.7. The number of nitrogens with one attached hydrogen (secondary N) is 1. The molecule has 88 valence electrons. The molecule has 4 heteroatoms. The van der Waals surface area contributed by atoms with E-state index in [0.29, 0.717) is 0 Å². The zero-order chi connectivity index (χ0) is 11.4. The van der Waals surface area contributed by atoms with E-state index >= 15 is 0 Å². The Labute approximate surface area is 114 Å². The summed E-state index contributed by atoms with van der Waals surface area (Å²) in [7, 11) is 0. The van der Waals surface area contributed by atoms with E-state index in [4.69, 9.17) is 0 Å². The lowest BCUT2D eigenvalue weighted by atomic mass is 10.0. The molecule has 1 aromatic heterocycles. The summed E-state index contributed by atoms with van der Waals surface area (Å²) in [5.74, 6) is 0.931. The van der Waals surface area contributed by atoms with Gasteiger partial charge in [-0.05, 0) is 41.0 Å². The van der Waals surface area contributed by atoms with Crippen molar-refractivity contribution in [1.82, 2.24) is 5.32 Å². The number of rotatable bonds is 4. The molecule has 0 atom stereocenters. The zero-order valence-electron chi connectivity index (χ0n) is 9.17. The van der Waals surface area contributed by atoms with Crippen LogP contribution in [0.25, 0.3) is 0 Å². The summed E-state index contributed by atoms with van der Waals surface area (Å²) < 4.78 is 1.17. The van der Waals surface area contributed by atoms with Crippen molar-refractivity contribution in [3.05, 3.63) is 19.9 Å². The van der Waals surface area contributed by atoms with Gasteiger partial charge in [0.25, 0.3) is 5.91 Å². The van der Waals surface area contributed by atoms with Gasteiger partial charge in [0.2, 0.25) is 0 Å². The second-order valence-corrected chi connectivity index (χ2v) is 7.14. The number of hydrogen-bond acceptors (Lipinski definition) is 2. The van der Waals surface area contributed by atoms with E-state index in [1.54, 1.807) is 11.3 Å². The Morgan fingerprint density at radius 3 is 2.88 bits per heavy atom. The summed E-state index contributed by atoms with van der Waals surface area (Å²) in [4.78, 5) is 11.7. The number of amides is 1. The third-order valence-electron chi connectivity index (χ3n) is 3.14. The average Bonchev–Trinajstić information content (AvgIpc) is 2.89. The Balaban J connectivity index is 1.71. The highest BCUT2D eigenvalue weighted by atomic mass is 127. The fourth-order valence-electron chi connectivity index (χ4n) is 2.22. The lowest BCUT2D eigenvalue weighted by molar-refractivity contribution is 0.0952. The van der Waals surface area contributed by atoms with Crippen LogP contribution in [-0.2, 0) is 0 Å². The molecule has 1 saturated carbocycles. The molecular formula is C12H16INOS. The van der Waals surface area contributed by atoms with Crippen molar-refractivity contribution in [3.8, 4) is 0 Å². The van der Waals surface area contributed by atoms with Gasteiger partial charge in [-0.2, -0.15) is 0 Å². The van der Waals surface area contributed by atoms with Crippen molar-refractivity contribution in [2.45, 2.75) is 32.1 Å². The molecule has 1 fully saturated rings. The Bertz CT molecular complexity index is 358. The number of hydrogen-bond donors (Lipinski definition) is 1. The van der Waals surface area contributed by atoms with Gasteiger partial charge in [-0.25, -0.2) is 0 Å². The maximum Gasteiger partial charge on any atom is 0.252 e. The van der Waals surface area contributed by atoms with Crippen LogP contribution in [0, 0.1) is 8.80 Å². The maximum absolute atomic E-state index is 11.7. The van der Waals surface area contributed by atoms with Gasteiger partial charge in [0.05, 0.1) is 8.45 Å². The van der Waals surface area contributed by atoms with Gasteiger partial charge in [0.1, 0.15) is 0 Å². The average molecular weight is 349 g/mol. The summed E-state index contributed by atoms with van der Waals surface area (Å²) >= 11 is 3.86. The Kier molecular flexibility index (Phi) is 4.64. The van der Waals surface area contributed by atoms with Crippen LogP contribution < -0.4 is 5.32 Å². The van der Waals surface area contributed by atoms with Gasteiger partial charge >= 0.3 is 0 Å². The Hall–Kier alpha value is -0.100. The van der Waals surface area contributed by atoms with Crippen LogP contribution in [0.1, 0.15) is 42.5 Å². The highest BCUT2D eigenvalue weighted by Crippen LogP contribution is 2.26. The number of thiophene rings is 1. The lowest BCUT2D eigenvalue weighted by Gasteiger charge is -2.09. The van der Waals surface area contributed by atoms with E-state index in [1.165, 1.54) is 28.6 Å². The van der Waals surface area contributed by atoms with Gasteiger partial charge in [-0.15, -0.1) is 11.3 Å². The van der Waals surface area contributed by atoms with Crippen LogP contribution in [-0.4, -0.2) is 12.5 Å². The molecule has 0 unspecified atom stereocenters. The van der Waals surface area contributed by atoms with Crippen molar-refractivity contribution in [2.24, 2.45) is 5.92 Å². The summed E-state index contributed by atoms with van der Waals surface area (Å²) in [6, 6.07) is 1.94. The van der Waals surface area contributed by atoms with Gasteiger partial charge in [-0.3, -0.25) is 4.79 Å². The first-order chi connectivity index (χ1) is 7.75. The molecule has 1 aliphatic carbocycles. The monoisotopic (exact) mass is 349 g/mol. The Morgan fingerprint density at radius 2 is 2.25 bits per heavy atom. The molecule has 1 amide bonds. The lowest BCUT2D eigenvalue weighted by Crippen LogP contribution is -2.25. The molecule has 16 heavy (non-hydrogen) atoms. The molecule has 0 aromatic carbocycles. The first-order valence-electron chi connectivity index (χ1n) is 5.78. The van der Waals surface area contributed by atoms with Gasteiger partial charge in [0, 0.05) is 11.9 Å². The fraction of sp³-hybridized carbons (Fsp3) is 0.583. The first kappa shape index (κ1) is 12.4. The minimum absolute atomic E-state index is 0.0807. The van der Waals surface area contributed by atoms with E-state index < -0.39 is 0 Å². The standard InChI is InChI=1S/C12H16INOS/c13-11-7-10(8-16-11)12(15)14-6-5-9-3-1-2-4-9/h7-9H,1-6H2,(H,14,15). The van der Waals surface area contributed by atoms with Crippen molar-refractivity contribution in [1.29, 1.82) is 0 Å². The highest BCUT2D eigenvalue weighted by molar-refractivity contribution is 14.1. The fourth-order valence-corrected chi connectivity index (χ4v) is 3.55. The van der Waals surface area contributed by atoms with E-state index in [2.05, 4.69) is 27.9 Å². The van der Waals surface area contributed by atoms with E-state index in [-0.39, 0.29) is 5.91 Å². The van der Waals surface area contributed by atoms with Crippen LogP contribution in [0.3, 0.4) is 0 Å². The molecule has 1 heterocycles. The minimum atomic E-state index is 0.0807. The molecule has 1 aliphatic rings. The van der Waals surface area contributed by atoms with E-state index in [0.717, 1.165) is 24.4 Å². The first-order valence-corrected chi connectivity index (χ1v) is 7.74. The number of carbonyl (C=O) groups excluding carboxylic acids is 1. The van der Waals surface area contributed by atoms with Crippen molar-refractivity contribution in [3.63, 3.8) is 0 Å². The molecule has 0 aliphatic heterocycles. The van der Waals surface area contributed by atoms with Crippen LogP contribution in [0.4, 0.5) is 0 Å². The molecular weight excluding hydrogens is 333 g/mol. The van der Waals surface area contributed by atoms with Crippen molar-refractivity contribution < 1.29 is 4.79 Å². The highest BCUT2D eigenvalue weighted by Gasteiger charge is 2.15. The van der Waals surface area contributed by atoms with E-state index in [9.17, 15) is 4.79 Å². The molecule has 0 saturated heterocycles. The predicted molar refractivity (Wildman–Crippen MR) is 75.9 cm³/mol. The molecule has 2 rings (SSSR count). The van der Waals surface area contributed by atoms with Gasteiger partial charge in [0.15, 0.2) is 0 Å².